The highest BCUT2D eigenvalue weighted by Gasteiger charge is 2.35. The van der Waals surface area contributed by atoms with E-state index < -0.39 is 11.9 Å². The van der Waals surface area contributed by atoms with Crippen LogP contribution >= 0.6 is 0 Å². The van der Waals surface area contributed by atoms with Gasteiger partial charge in [-0.3, -0.25) is 9.59 Å². The van der Waals surface area contributed by atoms with Crippen molar-refractivity contribution < 1.29 is 14.7 Å². The number of aliphatic carboxylic acids is 1. The van der Waals surface area contributed by atoms with Crippen LogP contribution in [0.1, 0.15) is 36.3 Å². The number of ketones is 1. The first-order chi connectivity index (χ1) is 8.08. The Morgan fingerprint density at radius 2 is 2.18 bits per heavy atom. The third-order valence-corrected chi connectivity index (χ3v) is 3.45. The van der Waals surface area contributed by atoms with Crippen molar-refractivity contribution in [1.82, 2.24) is 0 Å². The quantitative estimate of drug-likeness (QED) is 0.852. The molecule has 2 atom stereocenters. The molecule has 1 aliphatic rings. The fraction of sp³-hybridized carbons (Fsp3) is 0.429. The minimum Gasteiger partial charge on any atom is -0.481 e. The number of carbonyl (C=O) groups is 2. The maximum atomic E-state index is 11.5. The molecule has 2 rings (SSSR count). The molecule has 1 fully saturated rings. The summed E-state index contributed by atoms with van der Waals surface area (Å²) >= 11 is 0. The largest absolute Gasteiger partial charge is 0.481 e. The first-order valence-corrected chi connectivity index (χ1v) is 5.89. The number of hydrogen-bond donors (Lipinski definition) is 1. The van der Waals surface area contributed by atoms with E-state index in [9.17, 15) is 14.7 Å². The van der Waals surface area contributed by atoms with E-state index in [4.69, 9.17) is 0 Å². The SMILES string of the molecule is Cc1cccc(C2CC(=O)CCC2C(=O)O)c1. The summed E-state index contributed by atoms with van der Waals surface area (Å²) in [5.41, 5.74) is 2.08. The minimum absolute atomic E-state index is 0.159. The van der Waals surface area contributed by atoms with Crippen LogP contribution in [-0.4, -0.2) is 16.9 Å². The van der Waals surface area contributed by atoms with Crippen LogP contribution in [0.15, 0.2) is 24.3 Å². The predicted molar refractivity (Wildman–Crippen MR) is 63.9 cm³/mol. The average Bonchev–Trinajstić information content (AvgIpc) is 2.28. The number of carboxylic acid groups (broad SMARTS) is 1. The number of carboxylic acids is 1. The summed E-state index contributed by atoms with van der Waals surface area (Å²) in [6.07, 6.45) is 1.23. The van der Waals surface area contributed by atoms with Crippen molar-refractivity contribution in [3.8, 4) is 0 Å². The summed E-state index contributed by atoms with van der Waals surface area (Å²) in [7, 11) is 0. The second-order valence-electron chi connectivity index (χ2n) is 4.75. The van der Waals surface area contributed by atoms with E-state index in [1.54, 1.807) is 0 Å². The molecular formula is C14H16O3. The van der Waals surface area contributed by atoms with Gasteiger partial charge in [0.25, 0.3) is 0 Å². The van der Waals surface area contributed by atoms with Gasteiger partial charge in [0, 0.05) is 18.8 Å². The average molecular weight is 232 g/mol. The van der Waals surface area contributed by atoms with Gasteiger partial charge in [-0.1, -0.05) is 29.8 Å². The molecule has 0 aromatic heterocycles. The van der Waals surface area contributed by atoms with E-state index in [-0.39, 0.29) is 11.7 Å². The Bertz CT molecular complexity index is 451. The van der Waals surface area contributed by atoms with Gasteiger partial charge in [0.2, 0.25) is 0 Å². The topological polar surface area (TPSA) is 54.4 Å². The molecule has 1 N–H and O–H groups in total. The van der Waals surface area contributed by atoms with E-state index >= 15 is 0 Å². The lowest BCUT2D eigenvalue weighted by Gasteiger charge is -2.28. The second kappa shape index (κ2) is 4.70. The fourth-order valence-corrected chi connectivity index (χ4v) is 2.55. The van der Waals surface area contributed by atoms with Crippen molar-refractivity contribution in [3.05, 3.63) is 35.4 Å². The second-order valence-corrected chi connectivity index (χ2v) is 4.75. The van der Waals surface area contributed by atoms with Crippen LogP contribution in [0.2, 0.25) is 0 Å². The van der Waals surface area contributed by atoms with Crippen LogP contribution < -0.4 is 0 Å². The molecule has 3 heteroatoms. The highest BCUT2D eigenvalue weighted by molar-refractivity contribution is 5.83. The van der Waals surface area contributed by atoms with E-state index in [1.165, 1.54) is 0 Å². The van der Waals surface area contributed by atoms with Crippen LogP contribution in [0.3, 0.4) is 0 Å². The van der Waals surface area contributed by atoms with E-state index in [0.717, 1.165) is 11.1 Å². The number of hydrogen-bond acceptors (Lipinski definition) is 2. The molecule has 90 valence electrons. The molecule has 0 saturated heterocycles. The smallest absolute Gasteiger partial charge is 0.307 e. The van der Waals surface area contributed by atoms with E-state index in [1.807, 2.05) is 31.2 Å². The van der Waals surface area contributed by atoms with Crippen LogP contribution in [-0.2, 0) is 9.59 Å². The Morgan fingerprint density at radius 1 is 1.41 bits per heavy atom. The normalized spacial score (nSPS) is 24.6. The van der Waals surface area contributed by atoms with Gasteiger partial charge in [0.15, 0.2) is 0 Å². The number of rotatable bonds is 2. The fourth-order valence-electron chi connectivity index (χ4n) is 2.55. The summed E-state index contributed by atoms with van der Waals surface area (Å²) in [4.78, 5) is 22.7. The predicted octanol–water partition coefficient (Wildman–Crippen LogP) is 2.53. The minimum atomic E-state index is -0.788. The van der Waals surface area contributed by atoms with Gasteiger partial charge in [-0.2, -0.15) is 0 Å². The Kier molecular flexibility index (Phi) is 3.27. The van der Waals surface area contributed by atoms with E-state index in [2.05, 4.69) is 0 Å². The van der Waals surface area contributed by atoms with Gasteiger partial charge in [-0.15, -0.1) is 0 Å². The zero-order valence-electron chi connectivity index (χ0n) is 9.85. The number of carbonyl (C=O) groups excluding carboxylic acids is 1. The molecule has 0 heterocycles. The Hall–Kier alpha value is -1.64. The van der Waals surface area contributed by atoms with Gasteiger partial charge in [0.05, 0.1) is 5.92 Å². The monoisotopic (exact) mass is 232 g/mol. The molecule has 1 saturated carbocycles. The molecule has 1 aromatic rings. The number of Topliss-reactive ketones (excluding diaryl/α,β-unsaturated/α-hetero) is 1. The first-order valence-electron chi connectivity index (χ1n) is 5.89. The van der Waals surface area contributed by atoms with Gasteiger partial charge in [-0.05, 0) is 18.9 Å². The van der Waals surface area contributed by atoms with Crippen molar-refractivity contribution in [2.45, 2.75) is 32.1 Å². The molecule has 0 aliphatic heterocycles. The van der Waals surface area contributed by atoms with Crippen molar-refractivity contribution in [2.75, 3.05) is 0 Å². The molecule has 3 nitrogen and oxygen atoms in total. The van der Waals surface area contributed by atoms with Crippen molar-refractivity contribution in [2.24, 2.45) is 5.92 Å². The Morgan fingerprint density at radius 3 is 2.82 bits per heavy atom. The lowest BCUT2D eigenvalue weighted by molar-refractivity contribution is -0.144. The summed E-state index contributed by atoms with van der Waals surface area (Å²) < 4.78 is 0. The summed E-state index contributed by atoms with van der Waals surface area (Å²) in [6, 6.07) is 7.80. The molecule has 2 unspecified atom stereocenters. The molecule has 0 bridgehead atoms. The molecule has 1 aromatic carbocycles. The summed E-state index contributed by atoms with van der Waals surface area (Å²) in [5, 5.41) is 9.21. The standard InChI is InChI=1S/C14H16O3/c1-9-3-2-4-10(7-9)13-8-11(15)5-6-12(13)14(16)17/h2-4,7,12-13H,5-6,8H2,1H3,(H,16,17). The molecule has 0 radical (unpaired) electrons. The zero-order chi connectivity index (χ0) is 12.4. The molecule has 0 spiro atoms. The van der Waals surface area contributed by atoms with Crippen molar-refractivity contribution >= 4 is 11.8 Å². The summed E-state index contributed by atoms with van der Waals surface area (Å²) in [6.45, 7) is 1.98. The van der Waals surface area contributed by atoms with Gasteiger partial charge in [-0.25, -0.2) is 0 Å². The molecular weight excluding hydrogens is 216 g/mol. The first kappa shape index (κ1) is 11.8. The maximum absolute atomic E-state index is 11.5. The molecule has 17 heavy (non-hydrogen) atoms. The van der Waals surface area contributed by atoms with Crippen LogP contribution in [0.5, 0.6) is 0 Å². The lowest BCUT2D eigenvalue weighted by atomic mass is 9.75. The lowest BCUT2D eigenvalue weighted by Crippen LogP contribution is -2.29. The van der Waals surface area contributed by atoms with E-state index in [0.29, 0.717) is 19.3 Å². The van der Waals surface area contributed by atoms with Gasteiger partial charge in [0.1, 0.15) is 5.78 Å². The maximum Gasteiger partial charge on any atom is 0.307 e. The Balaban J connectivity index is 2.32. The Labute approximate surface area is 100 Å². The van der Waals surface area contributed by atoms with Crippen molar-refractivity contribution in [3.63, 3.8) is 0 Å². The number of benzene rings is 1. The van der Waals surface area contributed by atoms with Crippen LogP contribution in [0, 0.1) is 12.8 Å². The van der Waals surface area contributed by atoms with Crippen LogP contribution in [0.25, 0.3) is 0 Å². The third-order valence-electron chi connectivity index (χ3n) is 3.45. The molecule has 1 aliphatic carbocycles. The highest BCUT2D eigenvalue weighted by Crippen LogP contribution is 2.36. The zero-order valence-corrected chi connectivity index (χ0v) is 9.85. The van der Waals surface area contributed by atoms with Crippen molar-refractivity contribution in [1.29, 1.82) is 0 Å². The summed E-state index contributed by atoms with van der Waals surface area (Å²) in [5.74, 6) is -1.19. The van der Waals surface area contributed by atoms with Crippen LogP contribution in [0.4, 0.5) is 0 Å². The van der Waals surface area contributed by atoms with Gasteiger partial charge >= 0.3 is 5.97 Å². The third kappa shape index (κ3) is 2.54. The number of aryl methyl sites for hydroxylation is 1. The van der Waals surface area contributed by atoms with Gasteiger partial charge < -0.3 is 5.11 Å². The highest BCUT2D eigenvalue weighted by atomic mass is 16.4. The molecule has 0 amide bonds.